The van der Waals surface area contributed by atoms with Crippen LogP contribution in [0.15, 0.2) is 24.3 Å². The van der Waals surface area contributed by atoms with Crippen LogP contribution in [0.25, 0.3) is 10.8 Å². The van der Waals surface area contributed by atoms with Gasteiger partial charge in [0.05, 0.1) is 11.8 Å². The summed E-state index contributed by atoms with van der Waals surface area (Å²) in [6.45, 7) is 5.79. The van der Waals surface area contributed by atoms with Gasteiger partial charge in [0.2, 0.25) is 0 Å². The summed E-state index contributed by atoms with van der Waals surface area (Å²) in [5, 5.41) is 23.9. The molecule has 1 aliphatic rings. The molecule has 2 aromatic rings. The Morgan fingerprint density at radius 3 is 2.91 bits per heavy atom. The predicted octanol–water partition coefficient (Wildman–Crippen LogP) is 2.20. The van der Waals surface area contributed by atoms with E-state index in [2.05, 4.69) is 32.5 Å². The number of benzene rings is 1. The average Bonchev–Trinajstić information content (AvgIpc) is 2.54. The van der Waals surface area contributed by atoms with E-state index in [9.17, 15) is 5.11 Å². The monoisotopic (exact) mass is 300 g/mol. The molecule has 1 saturated heterocycles. The second kappa shape index (κ2) is 7.03. The molecule has 1 atom stereocenters. The van der Waals surface area contributed by atoms with Crippen molar-refractivity contribution in [2.45, 2.75) is 32.3 Å². The lowest BCUT2D eigenvalue weighted by Gasteiger charge is -2.29. The van der Waals surface area contributed by atoms with E-state index in [0.717, 1.165) is 67.7 Å². The van der Waals surface area contributed by atoms with Crippen LogP contribution in [0.3, 0.4) is 0 Å². The van der Waals surface area contributed by atoms with Crippen LogP contribution in [0.4, 0.5) is 5.82 Å². The van der Waals surface area contributed by atoms with E-state index in [-0.39, 0.29) is 6.10 Å². The van der Waals surface area contributed by atoms with Gasteiger partial charge in [-0.15, -0.1) is 5.10 Å². The summed E-state index contributed by atoms with van der Waals surface area (Å²) >= 11 is 0. The average molecular weight is 300 g/mol. The summed E-state index contributed by atoms with van der Waals surface area (Å²) in [6.07, 6.45) is 2.94. The Labute approximate surface area is 131 Å². The number of piperidine rings is 1. The van der Waals surface area contributed by atoms with Gasteiger partial charge in [-0.25, -0.2) is 0 Å². The van der Waals surface area contributed by atoms with Gasteiger partial charge in [-0.2, -0.15) is 5.10 Å². The molecule has 1 aliphatic heterocycles. The molecule has 3 rings (SSSR count). The molecule has 5 heteroatoms. The van der Waals surface area contributed by atoms with Crippen molar-refractivity contribution in [1.82, 2.24) is 15.1 Å². The maximum Gasteiger partial charge on any atom is 0.156 e. The molecule has 1 aromatic heterocycles. The van der Waals surface area contributed by atoms with E-state index >= 15 is 0 Å². The third-order valence-corrected chi connectivity index (χ3v) is 4.30. The molecule has 22 heavy (non-hydrogen) atoms. The van der Waals surface area contributed by atoms with Crippen LogP contribution in [-0.4, -0.2) is 52.5 Å². The van der Waals surface area contributed by atoms with Crippen LogP contribution in [-0.2, 0) is 0 Å². The van der Waals surface area contributed by atoms with Gasteiger partial charge in [-0.1, -0.05) is 24.3 Å². The molecule has 118 valence electrons. The first-order valence-electron chi connectivity index (χ1n) is 8.10. The van der Waals surface area contributed by atoms with Gasteiger partial charge >= 0.3 is 0 Å². The molecule has 0 aliphatic carbocycles. The van der Waals surface area contributed by atoms with Crippen LogP contribution < -0.4 is 5.32 Å². The number of aromatic nitrogens is 2. The first kappa shape index (κ1) is 15.2. The molecule has 1 fully saturated rings. The minimum atomic E-state index is -0.145. The Morgan fingerprint density at radius 2 is 2.09 bits per heavy atom. The lowest BCUT2D eigenvalue weighted by Crippen LogP contribution is -2.39. The van der Waals surface area contributed by atoms with E-state index in [0.29, 0.717) is 0 Å². The molecule has 0 amide bonds. The van der Waals surface area contributed by atoms with E-state index in [1.165, 1.54) is 0 Å². The van der Waals surface area contributed by atoms with Crippen molar-refractivity contribution in [3.63, 3.8) is 0 Å². The van der Waals surface area contributed by atoms with Crippen molar-refractivity contribution in [3.05, 3.63) is 30.0 Å². The largest absolute Gasteiger partial charge is 0.392 e. The number of nitrogens with zero attached hydrogens (tertiary/aromatic N) is 3. The summed E-state index contributed by atoms with van der Waals surface area (Å²) in [4.78, 5) is 2.34. The molecular weight excluding hydrogens is 276 g/mol. The number of β-amino-alcohol motifs (C(OH)–C–C–N with tert-alkyl or cyclic N) is 1. The smallest absolute Gasteiger partial charge is 0.156 e. The summed E-state index contributed by atoms with van der Waals surface area (Å²) in [6, 6.07) is 8.23. The second-order valence-electron chi connectivity index (χ2n) is 6.06. The number of nitrogens with one attached hydrogen (secondary N) is 1. The molecule has 2 heterocycles. The Balaban J connectivity index is 1.55. The highest BCUT2D eigenvalue weighted by Crippen LogP contribution is 2.22. The van der Waals surface area contributed by atoms with Crippen molar-refractivity contribution in [3.8, 4) is 0 Å². The first-order valence-corrected chi connectivity index (χ1v) is 8.10. The number of aliphatic hydroxyl groups is 1. The van der Waals surface area contributed by atoms with Crippen LogP contribution >= 0.6 is 0 Å². The van der Waals surface area contributed by atoms with Gasteiger partial charge in [0.15, 0.2) is 5.82 Å². The lowest BCUT2D eigenvalue weighted by molar-refractivity contribution is 0.0706. The van der Waals surface area contributed by atoms with Crippen molar-refractivity contribution in [2.24, 2.45) is 0 Å². The van der Waals surface area contributed by atoms with Crippen molar-refractivity contribution >= 4 is 16.6 Å². The number of likely N-dealkylation sites (tertiary alicyclic amines) is 1. The fourth-order valence-corrected chi connectivity index (χ4v) is 3.11. The number of aliphatic hydroxyl groups excluding tert-OH is 1. The molecule has 2 N–H and O–H groups in total. The zero-order valence-corrected chi connectivity index (χ0v) is 13.1. The summed E-state index contributed by atoms with van der Waals surface area (Å²) in [7, 11) is 0. The van der Waals surface area contributed by atoms with Gasteiger partial charge in [0.25, 0.3) is 0 Å². The molecule has 1 unspecified atom stereocenters. The Morgan fingerprint density at radius 1 is 1.27 bits per heavy atom. The van der Waals surface area contributed by atoms with Crippen molar-refractivity contribution in [1.29, 1.82) is 0 Å². The molecule has 1 aromatic carbocycles. The maximum atomic E-state index is 9.68. The van der Waals surface area contributed by atoms with Crippen LogP contribution in [0.1, 0.15) is 25.0 Å². The molecule has 0 bridgehead atoms. The lowest BCUT2D eigenvalue weighted by atomic mass is 10.1. The van der Waals surface area contributed by atoms with E-state index in [1.807, 2.05) is 19.1 Å². The topological polar surface area (TPSA) is 61.3 Å². The highest BCUT2D eigenvalue weighted by atomic mass is 16.3. The van der Waals surface area contributed by atoms with Crippen LogP contribution in [0.5, 0.6) is 0 Å². The van der Waals surface area contributed by atoms with Crippen molar-refractivity contribution < 1.29 is 5.11 Å². The highest BCUT2D eigenvalue weighted by molar-refractivity contribution is 5.92. The Hall–Kier alpha value is -1.72. The number of hydrogen-bond donors (Lipinski definition) is 2. The number of fused-ring (bicyclic) bond motifs is 1. The van der Waals surface area contributed by atoms with Crippen LogP contribution in [0.2, 0.25) is 0 Å². The normalized spacial score (nSPS) is 19.5. The number of aryl methyl sites for hydroxylation is 1. The Kier molecular flexibility index (Phi) is 4.85. The number of rotatable bonds is 5. The van der Waals surface area contributed by atoms with Gasteiger partial charge in [-0.3, -0.25) is 0 Å². The number of hydrogen-bond acceptors (Lipinski definition) is 5. The summed E-state index contributed by atoms with van der Waals surface area (Å²) < 4.78 is 0. The maximum absolute atomic E-state index is 9.68. The zero-order valence-electron chi connectivity index (χ0n) is 13.1. The van der Waals surface area contributed by atoms with Gasteiger partial charge in [-0.05, 0) is 39.3 Å². The molecular formula is C17H24N4O. The molecule has 5 nitrogen and oxygen atoms in total. The predicted molar refractivity (Wildman–Crippen MR) is 89.1 cm³/mol. The molecule has 0 radical (unpaired) electrons. The van der Waals surface area contributed by atoms with Crippen molar-refractivity contribution in [2.75, 3.05) is 31.5 Å². The van der Waals surface area contributed by atoms with Gasteiger partial charge < -0.3 is 15.3 Å². The summed E-state index contributed by atoms with van der Waals surface area (Å²) in [5.74, 6) is 0.861. The van der Waals surface area contributed by atoms with E-state index < -0.39 is 0 Å². The van der Waals surface area contributed by atoms with E-state index in [1.54, 1.807) is 0 Å². The summed E-state index contributed by atoms with van der Waals surface area (Å²) in [5.41, 5.74) is 0.962. The quantitative estimate of drug-likeness (QED) is 0.829. The fourth-order valence-electron chi connectivity index (χ4n) is 3.11. The fraction of sp³-hybridized carbons (Fsp3) is 0.529. The van der Waals surface area contributed by atoms with Crippen LogP contribution in [0, 0.1) is 6.92 Å². The van der Waals surface area contributed by atoms with Gasteiger partial charge in [0, 0.05) is 23.9 Å². The minimum absolute atomic E-state index is 0.145. The second-order valence-corrected chi connectivity index (χ2v) is 6.06. The zero-order chi connectivity index (χ0) is 15.4. The Bertz CT molecular complexity index is 631. The third-order valence-electron chi connectivity index (χ3n) is 4.30. The first-order chi connectivity index (χ1) is 10.7. The third kappa shape index (κ3) is 3.54. The minimum Gasteiger partial charge on any atom is -0.392 e. The van der Waals surface area contributed by atoms with E-state index in [4.69, 9.17) is 0 Å². The van der Waals surface area contributed by atoms with Gasteiger partial charge in [0.1, 0.15) is 0 Å². The number of anilines is 1. The molecule has 0 saturated carbocycles. The highest BCUT2D eigenvalue weighted by Gasteiger charge is 2.16. The SMILES string of the molecule is Cc1nnc(NCCCN2CCCC(O)C2)c2ccccc12. The molecule has 0 spiro atoms. The standard InChI is InChI=1S/C17H24N4O/c1-13-15-7-2-3-8-16(15)17(20-19-13)18-9-5-11-21-10-4-6-14(22)12-21/h2-3,7-8,14,22H,4-6,9-12H2,1H3,(H,18,20).